The van der Waals surface area contributed by atoms with Crippen LogP contribution in [-0.4, -0.2) is 41.3 Å². The highest BCUT2D eigenvalue weighted by atomic mass is 32.2. The van der Waals surface area contributed by atoms with Crippen molar-refractivity contribution in [1.29, 1.82) is 0 Å². The van der Waals surface area contributed by atoms with Crippen LogP contribution in [0.4, 0.5) is 11.4 Å². The first kappa shape index (κ1) is 24.2. The van der Waals surface area contributed by atoms with Crippen LogP contribution >= 0.6 is 0 Å². The van der Waals surface area contributed by atoms with E-state index in [1.165, 1.54) is 19.2 Å². The Kier molecular flexibility index (Phi) is 7.31. The van der Waals surface area contributed by atoms with Gasteiger partial charge in [0.2, 0.25) is 0 Å². The van der Waals surface area contributed by atoms with Gasteiger partial charge in [-0.05, 0) is 67.6 Å². The lowest BCUT2D eigenvalue weighted by atomic mass is 10.2. The smallest absolute Gasteiger partial charge is 0.265 e. The number of ether oxygens (including phenoxy) is 4. The SMILES string of the molecule is CCOc1ccc(NS(=O)(=O)c2cc(NC(=O)c3ccc4c(c3)OCCCO4)ccc2OC)cc1. The van der Waals surface area contributed by atoms with Crippen LogP contribution in [0, 0.1) is 0 Å². The summed E-state index contributed by atoms with van der Waals surface area (Å²) in [5.41, 5.74) is 0.995. The van der Waals surface area contributed by atoms with E-state index in [9.17, 15) is 13.2 Å². The van der Waals surface area contributed by atoms with Gasteiger partial charge < -0.3 is 24.3 Å². The lowest BCUT2D eigenvalue weighted by molar-refractivity contribution is 0.102. The summed E-state index contributed by atoms with van der Waals surface area (Å²) in [7, 11) is -2.65. The van der Waals surface area contributed by atoms with E-state index >= 15 is 0 Å². The van der Waals surface area contributed by atoms with Crippen molar-refractivity contribution >= 4 is 27.3 Å². The maximum atomic E-state index is 13.1. The molecule has 0 aromatic heterocycles. The molecule has 0 saturated heterocycles. The van der Waals surface area contributed by atoms with E-state index in [2.05, 4.69) is 10.0 Å². The van der Waals surface area contributed by atoms with Crippen LogP contribution in [0.5, 0.6) is 23.0 Å². The third-order valence-corrected chi connectivity index (χ3v) is 6.54. The first-order valence-corrected chi connectivity index (χ1v) is 12.5. The maximum absolute atomic E-state index is 13.1. The fourth-order valence-electron chi connectivity index (χ4n) is 3.47. The second-order valence-corrected chi connectivity index (χ2v) is 9.25. The molecular formula is C25H26N2O7S. The quantitative estimate of drug-likeness (QED) is 0.476. The molecule has 0 unspecified atom stereocenters. The molecule has 0 fully saturated rings. The van der Waals surface area contributed by atoms with Gasteiger partial charge in [0.1, 0.15) is 16.4 Å². The molecule has 1 aliphatic heterocycles. The van der Waals surface area contributed by atoms with Gasteiger partial charge >= 0.3 is 0 Å². The largest absolute Gasteiger partial charge is 0.495 e. The molecule has 0 aliphatic carbocycles. The lowest BCUT2D eigenvalue weighted by Crippen LogP contribution is -2.16. The van der Waals surface area contributed by atoms with Gasteiger partial charge in [-0.15, -0.1) is 0 Å². The topological polar surface area (TPSA) is 112 Å². The fraction of sp³-hybridized carbons (Fsp3) is 0.240. The molecule has 1 amide bonds. The van der Waals surface area contributed by atoms with Gasteiger partial charge in [0.15, 0.2) is 11.5 Å². The van der Waals surface area contributed by atoms with Crippen LogP contribution in [0.25, 0.3) is 0 Å². The Hall–Kier alpha value is -3.92. The predicted octanol–water partition coefficient (Wildman–Crippen LogP) is 4.31. The standard InChI is InChI=1S/C25H26N2O7S/c1-3-32-20-9-6-18(7-10-20)27-35(29,30)24-16-19(8-12-22(24)31-2)26-25(28)17-5-11-21-23(15-17)34-14-4-13-33-21/h5-12,15-16,27H,3-4,13-14H2,1-2H3,(H,26,28). The monoisotopic (exact) mass is 498 g/mol. The summed E-state index contributed by atoms with van der Waals surface area (Å²) in [5, 5.41) is 2.73. The molecule has 0 saturated carbocycles. The number of nitrogens with one attached hydrogen (secondary N) is 2. The zero-order chi connectivity index (χ0) is 24.8. The number of methoxy groups -OCH3 is 1. The van der Waals surface area contributed by atoms with Crippen LogP contribution in [0.2, 0.25) is 0 Å². The highest BCUT2D eigenvalue weighted by Crippen LogP contribution is 2.32. The second kappa shape index (κ2) is 10.6. The van der Waals surface area contributed by atoms with Gasteiger partial charge in [-0.2, -0.15) is 0 Å². The number of benzene rings is 3. The van der Waals surface area contributed by atoms with E-state index in [0.29, 0.717) is 48.3 Å². The highest BCUT2D eigenvalue weighted by molar-refractivity contribution is 7.92. The number of amides is 1. The van der Waals surface area contributed by atoms with Crippen molar-refractivity contribution < 1.29 is 32.2 Å². The number of sulfonamides is 1. The average Bonchev–Trinajstić information content (AvgIpc) is 3.10. The zero-order valence-electron chi connectivity index (χ0n) is 19.4. The van der Waals surface area contributed by atoms with E-state index < -0.39 is 15.9 Å². The van der Waals surface area contributed by atoms with Crippen LogP contribution in [0.3, 0.4) is 0 Å². The number of carbonyl (C=O) groups excluding carboxylic acids is 1. The van der Waals surface area contributed by atoms with Crippen LogP contribution in [-0.2, 0) is 10.0 Å². The molecule has 2 N–H and O–H groups in total. The molecule has 4 rings (SSSR count). The zero-order valence-corrected chi connectivity index (χ0v) is 20.2. The van der Waals surface area contributed by atoms with Crippen molar-refractivity contribution in [2.75, 3.05) is 37.0 Å². The van der Waals surface area contributed by atoms with Crippen molar-refractivity contribution in [3.63, 3.8) is 0 Å². The third-order valence-electron chi connectivity index (χ3n) is 5.14. The molecule has 35 heavy (non-hydrogen) atoms. The Labute approximate surface area is 204 Å². The number of anilines is 2. The molecule has 0 spiro atoms. The van der Waals surface area contributed by atoms with Gasteiger partial charge in [-0.3, -0.25) is 9.52 Å². The minimum Gasteiger partial charge on any atom is -0.495 e. The summed E-state index contributed by atoms with van der Waals surface area (Å²) >= 11 is 0. The lowest BCUT2D eigenvalue weighted by Gasteiger charge is -2.14. The van der Waals surface area contributed by atoms with Gasteiger partial charge in [0.05, 0.1) is 26.9 Å². The summed E-state index contributed by atoms with van der Waals surface area (Å²) in [4.78, 5) is 12.7. The molecule has 1 aliphatic rings. The Balaban J connectivity index is 1.55. The van der Waals surface area contributed by atoms with Gasteiger partial charge in [0.25, 0.3) is 15.9 Å². The van der Waals surface area contributed by atoms with Crippen molar-refractivity contribution in [2.24, 2.45) is 0 Å². The number of rotatable bonds is 8. The van der Waals surface area contributed by atoms with E-state index in [0.717, 1.165) is 6.42 Å². The molecule has 3 aromatic rings. The minimum absolute atomic E-state index is 0.120. The number of hydrogen-bond acceptors (Lipinski definition) is 7. The van der Waals surface area contributed by atoms with Crippen molar-refractivity contribution in [3.05, 3.63) is 66.2 Å². The molecule has 0 atom stereocenters. The molecule has 184 valence electrons. The van der Waals surface area contributed by atoms with Crippen molar-refractivity contribution in [2.45, 2.75) is 18.2 Å². The third kappa shape index (κ3) is 5.78. The summed E-state index contributed by atoms with van der Waals surface area (Å²) in [6.45, 7) is 3.42. The summed E-state index contributed by atoms with van der Waals surface area (Å²) in [5.74, 6) is 1.42. The van der Waals surface area contributed by atoms with Gasteiger partial charge in [-0.1, -0.05) is 0 Å². The van der Waals surface area contributed by atoms with Gasteiger partial charge in [-0.25, -0.2) is 8.42 Å². The summed E-state index contributed by atoms with van der Waals surface area (Å²) in [6.07, 6.45) is 0.754. The molecule has 0 bridgehead atoms. The number of hydrogen-bond donors (Lipinski definition) is 2. The van der Waals surface area contributed by atoms with Crippen LogP contribution in [0.1, 0.15) is 23.7 Å². The first-order valence-electron chi connectivity index (χ1n) is 11.0. The van der Waals surface area contributed by atoms with E-state index in [1.807, 2.05) is 6.92 Å². The summed E-state index contributed by atoms with van der Waals surface area (Å²) in [6, 6.07) is 15.8. The first-order chi connectivity index (χ1) is 16.9. The summed E-state index contributed by atoms with van der Waals surface area (Å²) < 4.78 is 50.7. The maximum Gasteiger partial charge on any atom is 0.265 e. The van der Waals surface area contributed by atoms with Crippen LogP contribution < -0.4 is 29.0 Å². The van der Waals surface area contributed by atoms with Crippen LogP contribution in [0.15, 0.2) is 65.6 Å². The number of carbonyl (C=O) groups is 1. The van der Waals surface area contributed by atoms with Gasteiger partial charge in [0, 0.05) is 23.4 Å². The highest BCUT2D eigenvalue weighted by Gasteiger charge is 2.22. The Morgan fingerprint density at radius 2 is 1.66 bits per heavy atom. The molecule has 9 nitrogen and oxygen atoms in total. The van der Waals surface area contributed by atoms with Crippen molar-refractivity contribution in [3.8, 4) is 23.0 Å². The van der Waals surface area contributed by atoms with E-state index in [-0.39, 0.29) is 16.3 Å². The molecule has 10 heteroatoms. The molecular weight excluding hydrogens is 472 g/mol. The molecule has 0 radical (unpaired) electrons. The molecule has 1 heterocycles. The predicted molar refractivity (Wildman–Crippen MR) is 131 cm³/mol. The Morgan fingerprint density at radius 3 is 2.37 bits per heavy atom. The van der Waals surface area contributed by atoms with E-state index in [4.69, 9.17) is 18.9 Å². The van der Waals surface area contributed by atoms with Crippen molar-refractivity contribution in [1.82, 2.24) is 0 Å². The Morgan fingerprint density at radius 1 is 0.943 bits per heavy atom. The Bertz CT molecular complexity index is 1310. The normalized spacial score (nSPS) is 12.9. The minimum atomic E-state index is -4.02. The fourth-order valence-corrected chi connectivity index (χ4v) is 4.72. The molecule has 3 aromatic carbocycles. The average molecular weight is 499 g/mol. The second-order valence-electron chi connectivity index (χ2n) is 7.59. The number of fused-ring (bicyclic) bond motifs is 1. The van der Waals surface area contributed by atoms with E-state index in [1.54, 1.807) is 48.5 Å².